The fraction of sp³-hybridized carbons (Fsp3) is 0.179. The molecule has 0 fully saturated rings. The average molecular weight is 429 g/mol. The van der Waals surface area contributed by atoms with E-state index < -0.39 is 17.2 Å². The summed E-state index contributed by atoms with van der Waals surface area (Å²) in [6, 6.07) is 21.5. The highest BCUT2D eigenvalue weighted by Crippen LogP contribution is 2.28. The highest BCUT2D eigenvalue weighted by molar-refractivity contribution is 5.88. The van der Waals surface area contributed by atoms with E-state index in [1.807, 2.05) is 18.2 Å². The molecule has 0 saturated heterocycles. The van der Waals surface area contributed by atoms with Gasteiger partial charge in [-0.15, -0.1) is 0 Å². The van der Waals surface area contributed by atoms with Crippen LogP contribution >= 0.6 is 0 Å². The Labute approximate surface area is 185 Å². The fourth-order valence-electron chi connectivity index (χ4n) is 4.02. The predicted octanol–water partition coefficient (Wildman–Crippen LogP) is 7.53. The summed E-state index contributed by atoms with van der Waals surface area (Å²) in [4.78, 5) is 0. The monoisotopic (exact) mass is 429 g/mol. The second kappa shape index (κ2) is 9.28. The van der Waals surface area contributed by atoms with Crippen LogP contribution in [-0.2, 0) is 19.3 Å². The molecule has 4 aromatic rings. The van der Waals surface area contributed by atoms with Crippen molar-refractivity contribution in [3.05, 3.63) is 106 Å². The lowest BCUT2D eigenvalue weighted by molar-refractivity contribution is 0.572. The van der Waals surface area contributed by atoms with Crippen LogP contribution in [0.15, 0.2) is 66.7 Å². The SMILES string of the molecule is CCCc1ccc(-c2ccc3c(F)c(CCc4cc(F)c(C#N)c(F)c4)ccc3c2)cc1. The van der Waals surface area contributed by atoms with Gasteiger partial charge in [0.15, 0.2) is 0 Å². The van der Waals surface area contributed by atoms with Crippen LogP contribution in [0, 0.1) is 28.8 Å². The zero-order chi connectivity index (χ0) is 22.7. The smallest absolute Gasteiger partial charge is 0.144 e. The van der Waals surface area contributed by atoms with Gasteiger partial charge in [0.1, 0.15) is 29.1 Å². The van der Waals surface area contributed by atoms with Crippen molar-refractivity contribution in [1.82, 2.24) is 0 Å². The van der Waals surface area contributed by atoms with Crippen LogP contribution in [0.4, 0.5) is 13.2 Å². The van der Waals surface area contributed by atoms with E-state index in [4.69, 9.17) is 5.26 Å². The lowest BCUT2D eigenvalue weighted by atomic mass is 9.96. The van der Waals surface area contributed by atoms with Crippen LogP contribution in [0.3, 0.4) is 0 Å². The maximum Gasteiger partial charge on any atom is 0.144 e. The van der Waals surface area contributed by atoms with Gasteiger partial charge in [-0.25, -0.2) is 13.2 Å². The lowest BCUT2D eigenvalue weighted by Gasteiger charge is -2.10. The first-order chi connectivity index (χ1) is 15.5. The number of benzene rings is 4. The molecule has 160 valence electrons. The minimum atomic E-state index is -0.892. The van der Waals surface area contributed by atoms with Crippen LogP contribution in [0.5, 0.6) is 0 Å². The van der Waals surface area contributed by atoms with Crippen molar-refractivity contribution in [3.63, 3.8) is 0 Å². The molecule has 0 N–H and O–H groups in total. The molecule has 0 spiro atoms. The molecule has 4 aromatic carbocycles. The first-order valence-electron chi connectivity index (χ1n) is 10.7. The summed E-state index contributed by atoms with van der Waals surface area (Å²) in [6.45, 7) is 2.15. The van der Waals surface area contributed by atoms with E-state index in [9.17, 15) is 8.78 Å². The molecule has 4 heteroatoms. The van der Waals surface area contributed by atoms with Gasteiger partial charge in [-0.2, -0.15) is 5.26 Å². The van der Waals surface area contributed by atoms with Crippen LogP contribution in [-0.4, -0.2) is 0 Å². The van der Waals surface area contributed by atoms with E-state index >= 15 is 4.39 Å². The molecule has 1 nitrogen and oxygen atoms in total. The lowest BCUT2D eigenvalue weighted by Crippen LogP contribution is -1.99. The molecule has 0 amide bonds. The van der Waals surface area contributed by atoms with Crippen molar-refractivity contribution < 1.29 is 13.2 Å². The van der Waals surface area contributed by atoms with Gasteiger partial charge in [-0.3, -0.25) is 0 Å². The number of nitrogens with zero attached hydrogens (tertiary/aromatic N) is 1. The van der Waals surface area contributed by atoms with Crippen LogP contribution < -0.4 is 0 Å². The second-order valence-electron chi connectivity index (χ2n) is 7.97. The molecule has 0 aromatic heterocycles. The second-order valence-corrected chi connectivity index (χ2v) is 7.97. The molecule has 0 aliphatic rings. The van der Waals surface area contributed by atoms with Gasteiger partial charge in [0.05, 0.1) is 0 Å². The molecule has 0 atom stereocenters. The van der Waals surface area contributed by atoms with E-state index in [-0.39, 0.29) is 12.2 Å². The van der Waals surface area contributed by atoms with E-state index in [1.165, 1.54) is 11.6 Å². The number of rotatable bonds is 6. The van der Waals surface area contributed by atoms with Gasteiger partial charge in [-0.05, 0) is 70.7 Å². The summed E-state index contributed by atoms with van der Waals surface area (Å²) in [6.07, 6.45) is 2.72. The summed E-state index contributed by atoms with van der Waals surface area (Å²) < 4.78 is 42.8. The van der Waals surface area contributed by atoms with Gasteiger partial charge >= 0.3 is 0 Å². The van der Waals surface area contributed by atoms with Crippen LogP contribution in [0.2, 0.25) is 0 Å². The van der Waals surface area contributed by atoms with Gasteiger partial charge in [-0.1, -0.05) is 61.9 Å². The summed E-state index contributed by atoms with van der Waals surface area (Å²) in [7, 11) is 0. The first-order valence-corrected chi connectivity index (χ1v) is 10.7. The molecule has 0 saturated carbocycles. The third-order valence-electron chi connectivity index (χ3n) is 5.76. The van der Waals surface area contributed by atoms with Crippen molar-refractivity contribution in [2.24, 2.45) is 0 Å². The quantitative estimate of drug-likeness (QED) is 0.311. The number of nitriles is 1. The van der Waals surface area contributed by atoms with Gasteiger partial charge < -0.3 is 0 Å². The summed E-state index contributed by atoms with van der Waals surface area (Å²) in [5.74, 6) is -2.10. The van der Waals surface area contributed by atoms with E-state index in [0.29, 0.717) is 22.9 Å². The van der Waals surface area contributed by atoms with Gasteiger partial charge in [0.25, 0.3) is 0 Å². The van der Waals surface area contributed by atoms with Crippen molar-refractivity contribution in [2.45, 2.75) is 32.6 Å². The summed E-state index contributed by atoms with van der Waals surface area (Å²) >= 11 is 0. The largest absolute Gasteiger partial charge is 0.206 e. The standard InChI is InChI=1S/C28H22F3N/c1-2-3-18-4-7-20(8-5-18)22-12-13-24-23(16-22)11-10-21(28(24)31)9-6-19-14-26(29)25(17-32)27(30)15-19/h4-5,7-8,10-16H,2-3,6,9H2,1H3. The van der Waals surface area contributed by atoms with E-state index in [2.05, 4.69) is 31.2 Å². The molecule has 0 unspecified atom stereocenters. The Morgan fingerprint density at radius 1 is 0.719 bits per heavy atom. The van der Waals surface area contributed by atoms with Gasteiger partial charge in [0.2, 0.25) is 0 Å². The van der Waals surface area contributed by atoms with Crippen molar-refractivity contribution in [3.8, 4) is 17.2 Å². The normalized spacial score (nSPS) is 11.0. The molecule has 0 aliphatic carbocycles. The molecule has 0 bridgehead atoms. The number of hydrogen-bond donors (Lipinski definition) is 0. The highest BCUT2D eigenvalue weighted by Gasteiger charge is 2.13. The maximum atomic E-state index is 15.1. The molecule has 0 aliphatic heterocycles. The Morgan fingerprint density at radius 2 is 1.41 bits per heavy atom. The molecular formula is C28H22F3N. The maximum absolute atomic E-state index is 15.1. The van der Waals surface area contributed by atoms with Crippen molar-refractivity contribution in [1.29, 1.82) is 5.26 Å². The Bertz CT molecular complexity index is 1290. The fourth-order valence-corrected chi connectivity index (χ4v) is 4.02. The molecule has 0 heterocycles. The van der Waals surface area contributed by atoms with Gasteiger partial charge in [0, 0.05) is 5.39 Å². The Hall–Kier alpha value is -3.58. The number of fused-ring (bicyclic) bond motifs is 1. The molecule has 32 heavy (non-hydrogen) atoms. The highest BCUT2D eigenvalue weighted by atomic mass is 19.1. The Morgan fingerprint density at radius 3 is 2.06 bits per heavy atom. The third kappa shape index (κ3) is 4.38. The molecule has 4 rings (SSSR count). The third-order valence-corrected chi connectivity index (χ3v) is 5.76. The molecular weight excluding hydrogens is 407 g/mol. The Balaban J connectivity index is 1.57. The topological polar surface area (TPSA) is 23.8 Å². The minimum absolute atomic E-state index is 0.268. The average Bonchev–Trinajstić information content (AvgIpc) is 2.79. The van der Waals surface area contributed by atoms with E-state index in [0.717, 1.165) is 41.5 Å². The summed E-state index contributed by atoms with van der Waals surface area (Å²) in [5, 5.41) is 10.1. The number of halogens is 3. The minimum Gasteiger partial charge on any atom is -0.206 e. The number of aryl methyl sites for hydroxylation is 3. The summed E-state index contributed by atoms with van der Waals surface area (Å²) in [5.41, 5.74) is 3.69. The Kier molecular flexibility index (Phi) is 6.28. The number of hydrogen-bond acceptors (Lipinski definition) is 1. The molecule has 0 radical (unpaired) electrons. The van der Waals surface area contributed by atoms with Crippen LogP contribution in [0.25, 0.3) is 21.9 Å². The zero-order valence-electron chi connectivity index (χ0n) is 17.8. The van der Waals surface area contributed by atoms with Crippen molar-refractivity contribution in [2.75, 3.05) is 0 Å². The van der Waals surface area contributed by atoms with Crippen molar-refractivity contribution >= 4 is 10.8 Å². The zero-order valence-corrected chi connectivity index (χ0v) is 17.8. The van der Waals surface area contributed by atoms with E-state index in [1.54, 1.807) is 12.1 Å². The predicted molar refractivity (Wildman–Crippen MR) is 122 cm³/mol. The van der Waals surface area contributed by atoms with Crippen LogP contribution in [0.1, 0.15) is 35.6 Å². The first kappa shape index (κ1) is 21.6.